The molecule has 0 spiro atoms. The van der Waals surface area contributed by atoms with Gasteiger partial charge in [-0.3, -0.25) is 4.79 Å². The van der Waals surface area contributed by atoms with Gasteiger partial charge in [0.2, 0.25) is 0 Å². The molecular weight excluding hydrogens is 414 g/mol. The Hall–Kier alpha value is -2.61. The van der Waals surface area contributed by atoms with Gasteiger partial charge in [-0.05, 0) is 72.2 Å². The highest BCUT2D eigenvalue weighted by Crippen LogP contribution is 2.20. The highest BCUT2D eigenvalue weighted by molar-refractivity contribution is 6.01. The third-order valence-corrected chi connectivity index (χ3v) is 4.50. The number of ether oxygens (including phenoxy) is 3. The Morgan fingerprint density at radius 1 is 1.00 bits per heavy atom. The van der Waals surface area contributed by atoms with E-state index in [0.29, 0.717) is 17.7 Å². The van der Waals surface area contributed by atoms with Crippen LogP contribution in [0.5, 0.6) is 5.75 Å². The van der Waals surface area contributed by atoms with Crippen molar-refractivity contribution in [3.8, 4) is 5.75 Å². The molecule has 180 valence electrons. The molecule has 0 aliphatic carbocycles. The molecular formula is C24H37NO7. The molecule has 0 saturated carbocycles. The second-order valence-electron chi connectivity index (χ2n) is 9.77. The van der Waals surface area contributed by atoms with E-state index in [9.17, 15) is 19.5 Å². The van der Waals surface area contributed by atoms with E-state index in [-0.39, 0.29) is 18.3 Å². The van der Waals surface area contributed by atoms with E-state index < -0.39 is 35.4 Å². The fourth-order valence-corrected chi connectivity index (χ4v) is 2.64. The third-order valence-electron chi connectivity index (χ3n) is 4.50. The van der Waals surface area contributed by atoms with Crippen LogP contribution < -0.4 is 10.1 Å². The predicted molar refractivity (Wildman–Crippen MR) is 121 cm³/mol. The Morgan fingerprint density at radius 2 is 1.56 bits per heavy atom. The van der Waals surface area contributed by atoms with Crippen molar-refractivity contribution in [3.63, 3.8) is 0 Å². The van der Waals surface area contributed by atoms with E-state index >= 15 is 0 Å². The maximum Gasteiger partial charge on any atom is 0.408 e. The Labute approximate surface area is 190 Å². The maximum atomic E-state index is 13.1. The standard InChI is InChI=1S/C24H37NO7/c1-9-15(2)20(21(27)28)31-17-12-10-16(11-13-17)19(26)18(14-30-23(3,4)5)25-22(29)32-24(6,7)8/h10-13,15,18,20H,9,14H2,1-8H3,(H,25,29)(H,27,28)/t15?,18-,20-/m0/s1. The summed E-state index contributed by atoms with van der Waals surface area (Å²) in [5.41, 5.74) is -0.891. The van der Waals surface area contributed by atoms with Gasteiger partial charge in [0.25, 0.3) is 0 Å². The Kier molecular flexibility index (Phi) is 9.70. The molecule has 8 heteroatoms. The molecule has 0 fully saturated rings. The van der Waals surface area contributed by atoms with Crippen LogP contribution in [0.3, 0.4) is 0 Å². The van der Waals surface area contributed by atoms with Crippen LogP contribution in [-0.2, 0) is 14.3 Å². The quantitative estimate of drug-likeness (QED) is 0.505. The molecule has 3 atom stereocenters. The zero-order chi connectivity index (χ0) is 24.7. The zero-order valence-electron chi connectivity index (χ0n) is 20.4. The summed E-state index contributed by atoms with van der Waals surface area (Å²) in [7, 11) is 0. The lowest BCUT2D eigenvalue weighted by Gasteiger charge is -2.26. The number of nitrogens with one attached hydrogen (secondary N) is 1. The van der Waals surface area contributed by atoms with E-state index in [2.05, 4.69) is 5.32 Å². The molecule has 0 radical (unpaired) electrons. The fraction of sp³-hybridized carbons (Fsp3) is 0.625. The minimum atomic E-state index is -1.04. The Balaban J connectivity index is 3.00. The van der Waals surface area contributed by atoms with E-state index in [4.69, 9.17) is 14.2 Å². The van der Waals surface area contributed by atoms with Gasteiger partial charge in [-0.2, -0.15) is 0 Å². The lowest BCUT2D eigenvalue weighted by atomic mass is 10.0. The molecule has 0 aliphatic rings. The second kappa shape index (κ2) is 11.3. The molecule has 1 unspecified atom stereocenters. The van der Waals surface area contributed by atoms with Gasteiger partial charge < -0.3 is 24.6 Å². The molecule has 0 aromatic heterocycles. The zero-order valence-corrected chi connectivity index (χ0v) is 20.4. The van der Waals surface area contributed by atoms with E-state index in [1.54, 1.807) is 39.8 Å². The number of ketones is 1. The van der Waals surface area contributed by atoms with E-state index in [0.717, 1.165) is 0 Å². The van der Waals surface area contributed by atoms with Crippen LogP contribution >= 0.6 is 0 Å². The molecule has 32 heavy (non-hydrogen) atoms. The molecule has 1 aromatic rings. The number of amides is 1. The third kappa shape index (κ3) is 9.68. The van der Waals surface area contributed by atoms with E-state index in [1.165, 1.54) is 12.1 Å². The normalized spacial score (nSPS) is 14.8. The van der Waals surface area contributed by atoms with Gasteiger partial charge in [-0.1, -0.05) is 13.8 Å². The predicted octanol–water partition coefficient (Wildman–Crippen LogP) is 4.46. The second-order valence-corrected chi connectivity index (χ2v) is 9.77. The van der Waals surface area contributed by atoms with Gasteiger partial charge >= 0.3 is 12.1 Å². The van der Waals surface area contributed by atoms with Gasteiger partial charge in [-0.15, -0.1) is 0 Å². The van der Waals surface area contributed by atoms with Crippen molar-refractivity contribution in [3.05, 3.63) is 29.8 Å². The van der Waals surface area contributed by atoms with Gasteiger partial charge in [0.15, 0.2) is 11.9 Å². The summed E-state index contributed by atoms with van der Waals surface area (Å²) in [5.74, 6) is -1.23. The number of carbonyl (C=O) groups excluding carboxylic acids is 2. The summed E-state index contributed by atoms with van der Waals surface area (Å²) in [6.45, 7) is 14.4. The van der Waals surface area contributed by atoms with Crippen LogP contribution in [0.15, 0.2) is 24.3 Å². The van der Waals surface area contributed by atoms with Crippen LogP contribution in [0.25, 0.3) is 0 Å². The largest absolute Gasteiger partial charge is 0.478 e. The van der Waals surface area contributed by atoms with Gasteiger partial charge in [-0.25, -0.2) is 9.59 Å². The Morgan fingerprint density at radius 3 is 2.00 bits per heavy atom. The molecule has 0 bridgehead atoms. The summed E-state index contributed by atoms with van der Waals surface area (Å²) in [5, 5.41) is 12.0. The summed E-state index contributed by atoms with van der Waals surface area (Å²) in [6.07, 6.45) is -1.05. The summed E-state index contributed by atoms with van der Waals surface area (Å²) >= 11 is 0. The number of hydrogen-bond donors (Lipinski definition) is 2. The average Bonchev–Trinajstić information content (AvgIpc) is 2.66. The SMILES string of the molecule is CCC(C)[C@H](Oc1ccc(C(=O)[C@H](COC(C)(C)C)NC(=O)OC(C)(C)C)cc1)C(=O)O. The van der Waals surface area contributed by atoms with Crippen molar-refractivity contribution in [2.75, 3.05) is 6.61 Å². The average molecular weight is 452 g/mol. The topological polar surface area (TPSA) is 111 Å². The number of carbonyl (C=O) groups is 3. The van der Waals surface area contributed by atoms with Crippen molar-refractivity contribution in [1.82, 2.24) is 5.32 Å². The van der Waals surface area contributed by atoms with Crippen molar-refractivity contribution in [2.45, 2.75) is 85.2 Å². The van der Waals surface area contributed by atoms with Crippen LogP contribution in [-0.4, -0.2) is 52.9 Å². The maximum absolute atomic E-state index is 13.1. The first-order valence-electron chi connectivity index (χ1n) is 10.8. The number of carboxylic acids is 1. The van der Waals surface area contributed by atoms with Gasteiger partial charge in [0.05, 0.1) is 12.2 Å². The first-order valence-corrected chi connectivity index (χ1v) is 10.8. The van der Waals surface area contributed by atoms with Crippen LogP contribution in [0.2, 0.25) is 0 Å². The summed E-state index contributed by atoms with van der Waals surface area (Å²) < 4.78 is 16.6. The number of rotatable bonds is 10. The monoisotopic (exact) mass is 451 g/mol. The molecule has 1 rings (SSSR count). The van der Waals surface area contributed by atoms with Crippen molar-refractivity contribution in [2.24, 2.45) is 5.92 Å². The number of Topliss-reactive ketones (excluding diaryl/α,β-unsaturated/α-hetero) is 1. The summed E-state index contributed by atoms with van der Waals surface area (Å²) in [6, 6.07) is 5.20. The summed E-state index contributed by atoms with van der Waals surface area (Å²) in [4.78, 5) is 36.8. The fourth-order valence-electron chi connectivity index (χ4n) is 2.64. The van der Waals surface area contributed by atoms with Gasteiger partial charge in [0, 0.05) is 11.5 Å². The molecule has 1 aromatic carbocycles. The van der Waals surface area contributed by atoms with Gasteiger partial charge in [0.1, 0.15) is 17.4 Å². The molecule has 2 N–H and O–H groups in total. The smallest absolute Gasteiger partial charge is 0.408 e. The number of alkyl carbamates (subject to hydrolysis) is 1. The molecule has 0 saturated heterocycles. The molecule has 0 aliphatic heterocycles. The number of benzene rings is 1. The first kappa shape index (κ1) is 27.4. The van der Waals surface area contributed by atoms with E-state index in [1.807, 2.05) is 27.7 Å². The molecule has 1 amide bonds. The number of aliphatic carboxylic acids is 1. The highest BCUT2D eigenvalue weighted by Gasteiger charge is 2.28. The molecule has 0 heterocycles. The van der Waals surface area contributed by atoms with Crippen molar-refractivity contribution >= 4 is 17.8 Å². The minimum Gasteiger partial charge on any atom is -0.478 e. The van der Waals surface area contributed by atoms with Crippen molar-refractivity contribution in [1.29, 1.82) is 0 Å². The van der Waals surface area contributed by atoms with Crippen LogP contribution in [0, 0.1) is 5.92 Å². The lowest BCUT2D eigenvalue weighted by Crippen LogP contribution is -2.47. The number of carboxylic acid groups (broad SMARTS) is 1. The first-order chi connectivity index (χ1) is 14.6. The molecule has 8 nitrogen and oxygen atoms in total. The Bertz CT molecular complexity index is 775. The number of hydrogen-bond acceptors (Lipinski definition) is 6. The highest BCUT2D eigenvalue weighted by atomic mass is 16.6. The van der Waals surface area contributed by atoms with Crippen LogP contribution in [0.4, 0.5) is 4.79 Å². The minimum absolute atomic E-state index is 0.0328. The van der Waals surface area contributed by atoms with Crippen molar-refractivity contribution < 1.29 is 33.7 Å². The van der Waals surface area contributed by atoms with Crippen LogP contribution in [0.1, 0.15) is 72.2 Å². The lowest BCUT2D eigenvalue weighted by molar-refractivity contribution is -0.147.